The molecular weight excluding hydrogens is 438 g/mol. The van der Waals surface area contributed by atoms with Crippen molar-refractivity contribution in [3.63, 3.8) is 0 Å². The molecule has 2 aliphatic heterocycles. The van der Waals surface area contributed by atoms with E-state index in [4.69, 9.17) is 0 Å². The summed E-state index contributed by atoms with van der Waals surface area (Å²) in [6.45, 7) is 2.63. The second-order valence-electron chi connectivity index (χ2n) is 8.71. The maximum Gasteiger partial charge on any atom is 0.255 e. The zero-order valence-electron chi connectivity index (χ0n) is 18.4. The first-order chi connectivity index (χ1) is 16.0. The maximum atomic E-state index is 12.8. The number of hydrogen-bond acceptors (Lipinski definition) is 6. The van der Waals surface area contributed by atoms with Crippen LogP contribution in [0.25, 0.3) is 11.4 Å². The second-order valence-corrected chi connectivity index (χ2v) is 11.0. The van der Waals surface area contributed by atoms with E-state index >= 15 is 0 Å². The lowest BCUT2D eigenvalue weighted by atomic mass is 10.1. The predicted molar refractivity (Wildman–Crippen MR) is 127 cm³/mol. The highest BCUT2D eigenvalue weighted by Gasteiger charge is 2.22. The number of amides is 1. The number of carbonyl (C=O) groups is 1. The number of aryl methyl sites for hydroxylation is 1. The number of carbonyl (C=O) groups excluding carboxylic acids is 1. The van der Waals surface area contributed by atoms with Crippen LogP contribution >= 0.6 is 0 Å². The number of aromatic nitrogens is 3. The van der Waals surface area contributed by atoms with Gasteiger partial charge < -0.3 is 9.88 Å². The first-order valence-electron chi connectivity index (χ1n) is 11.3. The zero-order chi connectivity index (χ0) is 22.8. The molecule has 1 aromatic heterocycles. The molecule has 0 bridgehead atoms. The largest absolute Gasteiger partial charge is 0.322 e. The van der Waals surface area contributed by atoms with Crippen molar-refractivity contribution in [1.29, 1.82) is 0 Å². The quantitative estimate of drug-likeness (QED) is 0.622. The van der Waals surface area contributed by atoms with Gasteiger partial charge in [0.1, 0.15) is 5.82 Å². The van der Waals surface area contributed by atoms with Gasteiger partial charge >= 0.3 is 0 Å². The minimum atomic E-state index is -2.90. The molecule has 3 heterocycles. The fourth-order valence-corrected chi connectivity index (χ4v) is 5.68. The Hall–Kier alpha value is -3.04. The van der Waals surface area contributed by atoms with Gasteiger partial charge in [-0.05, 0) is 54.8 Å². The summed E-state index contributed by atoms with van der Waals surface area (Å²) < 4.78 is 25.4. The molecular formula is C24H27N5O3S. The van der Waals surface area contributed by atoms with Gasteiger partial charge in [-0.2, -0.15) is 0 Å². The number of nitrogens with zero attached hydrogens (tertiary/aromatic N) is 4. The Morgan fingerprint density at radius 3 is 2.55 bits per heavy atom. The summed E-state index contributed by atoms with van der Waals surface area (Å²) in [6.07, 6.45) is 3.27. The van der Waals surface area contributed by atoms with E-state index in [1.54, 1.807) is 6.07 Å². The van der Waals surface area contributed by atoms with Crippen LogP contribution in [0.15, 0.2) is 48.5 Å². The fourth-order valence-electron chi connectivity index (χ4n) is 4.41. The Bertz CT molecular complexity index is 1250. The van der Waals surface area contributed by atoms with Crippen molar-refractivity contribution in [3.8, 4) is 11.4 Å². The normalized spacial score (nSPS) is 17.9. The van der Waals surface area contributed by atoms with E-state index in [9.17, 15) is 13.2 Å². The molecule has 2 aliphatic rings. The number of hydrogen-bond donors (Lipinski definition) is 1. The van der Waals surface area contributed by atoms with Gasteiger partial charge in [0.05, 0.1) is 11.5 Å². The molecule has 1 saturated heterocycles. The van der Waals surface area contributed by atoms with Gasteiger partial charge in [-0.15, -0.1) is 10.2 Å². The summed E-state index contributed by atoms with van der Waals surface area (Å²) in [5.41, 5.74) is 3.27. The molecule has 1 fully saturated rings. The van der Waals surface area contributed by atoms with Crippen molar-refractivity contribution in [3.05, 3.63) is 65.5 Å². The SMILES string of the molecule is O=C(Nc1ccc(-c2nnc3n2CCCC3)cc1)c1cccc(CN2CCS(=O)(=O)CC2)c1. The standard InChI is InChI=1S/C24H27N5O3S/c30-24(20-5-3-4-18(16-20)17-28-12-14-33(31,32)15-13-28)25-21-9-7-19(8-10-21)23-27-26-22-6-1-2-11-29(22)23/h3-5,7-10,16H,1-2,6,11-15,17H2,(H,25,30). The maximum absolute atomic E-state index is 12.8. The molecule has 0 atom stereocenters. The summed E-state index contributed by atoms with van der Waals surface area (Å²) >= 11 is 0. The Kier molecular flexibility index (Phi) is 5.99. The summed E-state index contributed by atoms with van der Waals surface area (Å²) in [6, 6.07) is 15.2. The molecule has 1 N–H and O–H groups in total. The lowest BCUT2D eigenvalue weighted by Gasteiger charge is -2.26. The highest BCUT2D eigenvalue weighted by molar-refractivity contribution is 7.91. The van der Waals surface area contributed by atoms with E-state index in [1.807, 2.05) is 42.5 Å². The lowest BCUT2D eigenvalue weighted by molar-refractivity contribution is 0.102. The van der Waals surface area contributed by atoms with Gasteiger partial charge in [0.15, 0.2) is 15.7 Å². The smallest absolute Gasteiger partial charge is 0.255 e. The monoisotopic (exact) mass is 465 g/mol. The number of rotatable bonds is 5. The summed E-state index contributed by atoms with van der Waals surface area (Å²) in [4.78, 5) is 14.9. The van der Waals surface area contributed by atoms with Crippen LogP contribution in [0.2, 0.25) is 0 Å². The van der Waals surface area contributed by atoms with E-state index < -0.39 is 9.84 Å². The van der Waals surface area contributed by atoms with Crippen LogP contribution in [0.5, 0.6) is 0 Å². The number of benzene rings is 2. The topological polar surface area (TPSA) is 97.2 Å². The minimum Gasteiger partial charge on any atom is -0.322 e. The highest BCUT2D eigenvalue weighted by Crippen LogP contribution is 2.24. The number of fused-ring (bicyclic) bond motifs is 1. The van der Waals surface area contributed by atoms with Crippen LogP contribution in [-0.4, -0.2) is 58.6 Å². The Balaban J connectivity index is 1.23. The molecule has 172 valence electrons. The number of nitrogens with one attached hydrogen (secondary N) is 1. The molecule has 9 heteroatoms. The summed E-state index contributed by atoms with van der Waals surface area (Å²) in [7, 11) is -2.90. The fraction of sp³-hybridized carbons (Fsp3) is 0.375. The van der Waals surface area contributed by atoms with Crippen LogP contribution in [-0.2, 0) is 29.3 Å². The molecule has 0 aliphatic carbocycles. The van der Waals surface area contributed by atoms with Crippen molar-refractivity contribution in [1.82, 2.24) is 19.7 Å². The van der Waals surface area contributed by atoms with Gasteiger partial charge in [0.2, 0.25) is 0 Å². The first kappa shape index (κ1) is 21.8. The van der Waals surface area contributed by atoms with Gasteiger partial charge in [0, 0.05) is 49.4 Å². The van der Waals surface area contributed by atoms with Gasteiger partial charge in [-0.25, -0.2) is 8.42 Å². The first-order valence-corrected chi connectivity index (χ1v) is 13.1. The molecule has 8 nitrogen and oxygen atoms in total. The van der Waals surface area contributed by atoms with E-state index in [0.29, 0.717) is 30.9 Å². The highest BCUT2D eigenvalue weighted by atomic mass is 32.2. The molecule has 3 aromatic rings. The Morgan fingerprint density at radius 2 is 1.76 bits per heavy atom. The van der Waals surface area contributed by atoms with Crippen LogP contribution in [0.1, 0.15) is 34.6 Å². The van der Waals surface area contributed by atoms with E-state index in [1.165, 1.54) is 0 Å². The summed E-state index contributed by atoms with van der Waals surface area (Å²) in [5, 5.41) is 11.6. The van der Waals surface area contributed by atoms with E-state index in [2.05, 4.69) is 25.0 Å². The van der Waals surface area contributed by atoms with Gasteiger partial charge in [-0.1, -0.05) is 12.1 Å². The minimum absolute atomic E-state index is 0.175. The third-order valence-corrected chi connectivity index (χ3v) is 7.90. The Morgan fingerprint density at radius 1 is 0.970 bits per heavy atom. The van der Waals surface area contributed by atoms with Crippen molar-refractivity contribution in [2.45, 2.75) is 32.4 Å². The third kappa shape index (κ3) is 4.99. The van der Waals surface area contributed by atoms with Gasteiger partial charge in [-0.3, -0.25) is 9.69 Å². The predicted octanol–water partition coefficient (Wildman–Crippen LogP) is 2.76. The average molecular weight is 466 g/mol. The lowest BCUT2D eigenvalue weighted by Crippen LogP contribution is -2.39. The van der Waals surface area contributed by atoms with Crippen LogP contribution in [0, 0.1) is 0 Å². The number of anilines is 1. The molecule has 0 spiro atoms. The molecule has 0 radical (unpaired) electrons. The molecule has 2 aromatic carbocycles. The second kappa shape index (κ2) is 9.07. The Labute approximate surface area is 193 Å². The van der Waals surface area contributed by atoms with Crippen LogP contribution in [0.3, 0.4) is 0 Å². The molecule has 1 amide bonds. The van der Waals surface area contributed by atoms with Gasteiger partial charge in [0.25, 0.3) is 5.91 Å². The van der Waals surface area contributed by atoms with Crippen molar-refractivity contribution < 1.29 is 13.2 Å². The van der Waals surface area contributed by atoms with E-state index in [0.717, 1.165) is 48.6 Å². The third-order valence-electron chi connectivity index (χ3n) is 6.29. The molecule has 33 heavy (non-hydrogen) atoms. The van der Waals surface area contributed by atoms with Crippen molar-refractivity contribution in [2.75, 3.05) is 29.9 Å². The zero-order valence-corrected chi connectivity index (χ0v) is 19.2. The van der Waals surface area contributed by atoms with Crippen LogP contribution < -0.4 is 5.32 Å². The molecule has 0 saturated carbocycles. The summed E-state index contributed by atoms with van der Waals surface area (Å²) in [5.74, 6) is 2.13. The number of sulfone groups is 1. The van der Waals surface area contributed by atoms with Crippen LogP contribution in [0.4, 0.5) is 5.69 Å². The average Bonchev–Trinajstić information content (AvgIpc) is 3.25. The molecule has 5 rings (SSSR count). The van der Waals surface area contributed by atoms with Crippen molar-refractivity contribution in [2.24, 2.45) is 0 Å². The molecule has 0 unspecified atom stereocenters. The van der Waals surface area contributed by atoms with Crippen molar-refractivity contribution >= 4 is 21.4 Å². The van der Waals surface area contributed by atoms with E-state index in [-0.39, 0.29) is 17.4 Å².